The first-order chi connectivity index (χ1) is 14.9. The Morgan fingerprint density at radius 1 is 1.28 bits per heavy atom. The fraction of sp³-hybridized carbons (Fsp3) is 0.105. The minimum absolute atomic E-state index is 0.00262. The van der Waals surface area contributed by atoms with Crippen LogP contribution in [0.4, 0.5) is 18.9 Å². The molecule has 0 aliphatic carbocycles. The van der Waals surface area contributed by atoms with Crippen molar-refractivity contribution in [1.82, 2.24) is 9.55 Å². The van der Waals surface area contributed by atoms with Crippen LogP contribution in [-0.2, 0) is 20.8 Å². The van der Waals surface area contributed by atoms with E-state index in [1.807, 2.05) is 6.07 Å². The number of nitriles is 1. The van der Waals surface area contributed by atoms with Crippen molar-refractivity contribution < 1.29 is 31.1 Å². The summed E-state index contributed by atoms with van der Waals surface area (Å²) in [4.78, 5) is 15.2. The van der Waals surface area contributed by atoms with Crippen LogP contribution in [0.25, 0.3) is 5.69 Å². The molecule has 0 saturated carbocycles. The molecule has 2 aromatic heterocycles. The van der Waals surface area contributed by atoms with Gasteiger partial charge < -0.3 is 15.0 Å². The average molecular weight is 485 g/mol. The fourth-order valence-corrected chi connectivity index (χ4v) is 4.49. The summed E-state index contributed by atoms with van der Waals surface area (Å²) >= 11 is 5.76. The molecule has 13 heteroatoms. The lowest BCUT2D eigenvalue weighted by atomic mass is 10.2. The van der Waals surface area contributed by atoms with Gasteiger partial charge in [-0.2, -0.15) is 18.4 Å². The van der Waals surface area contributed by atoms with E-state index in [0.29, 0.717) is 12.3 Å². The van der Waals surface area contributed by atoms with Gasteiger partial charge in [0.15, 0.2) is 10.7 Å². The Hall–Kier alpha value is -3.56. The number of halogens is 4. The maximum absolute atomic E-state index is 12.8. The largest absolute Gasteiger partial charge is 0.464 e. The van der Waals surface area contributed by atoms with Gasteiger partial charge in [-0.3, -0.25) is 0 Å². The predicted molar refractivity (Wildman–Crippen MR) is 106 cm³/mol. The van der Waals surface area contributed by atoms with Crippen molar-refractivity contribution in [3.63, 3.8) is 0 Å². The van der Waals surface area contributed by atoms with Gasteiger partial charge in [-0.1, -0.05) is 11.6 Å². The molecular weight excluding hydrogens is 473 g/mol. The van der Waals surface area contributed by atoms with Crippen molar-refractivity contribution in [2.75, 3.05) is 12.8 Å². The van der Waals surface area contributed by atoms with Gasteiger partial charge in [0.25, 0.3) is 0 Å². The maximum Gasteiger partial charge on any atom is 0.417 e. The third-order valence-electron chi connectivity index (χ3n) is 4.36. The first kappa shape index (κ1) is 23.1. The number of carbonyl (C=O) groups excluding carboxylic acids is 1. The Bertz CT molecular complexity index is 1360. The Morgan fingerprint density at radius 3 is 2.41 bits per heavy atom. The number of nitrogen functional groups attached to an aromatic ring is 1. The number of methoxy groups -OCH3 is 1. The molecule has 1 aromatic carbocycles. The average Bonchev–Trinajstić information content (AvgIpc) is 3.08. The molecular formula is C19H12ClF3N4O4S. The Labute approximate surface area is 184 Å². The first-order valence-electron chi connectivity index (χ1n) is 8.49. The lowest BCUT2D eigenvalue weighted by Crippen LogP contribution is -2.12. The SMILES string of the molecule is COC(=O)c1c(N)c(C#N)cn1-c1ccc(S(=O)(=O)c2ncc(C(F)(F)F)cc2Cl)cc1. The van der Waals surface area contributed by atoms with Gasteiger partial charge in [-0.05, 0) is 30.3 Å². The summed E-state index contributed by atoms with van der Waals surface area (Å²) in [5.74, 6) is -0.818. The van der Waals surface area contributed by atoms with Gasteiger partial charge in [0.05, 0.1) is 33.8 Å². The fourth-order valence-electron chi connectivity index (χ4n) is 2.79. The number of nitrogens with two attached hydrogens (primary N) is 1. The number of hydrogen-bond acceptors (Lipinski definition) is 7. The highest BCUT2D eigenvalue weighted by Gasteiger charge is 2.33. The zero-order valence-corrected chi connectivity index (χ0v) is 17.6. The number of anilines is 1. The Balaban J connectivity index is 2.05. The third kappa shape index (κ3) is 4.00. The molecule has 8 nitrogen and oxygen atoms in total. The van der Waals surface area contributed by atoms with Gasteiger partial charge in [0.2, 0.25) is 9.84 Å². The third-order valence-corrected chi connectivity index (χ3v) is 6.49. The van der Waals surface area contributed by atoms with E-state index in [9.17, 15) is 26.4 Å². The molecule has 0 bridgehead atoms. The van der Waals surface area contributed by atoms with Gasteiger partial charge in [0, 0.05) is 18.1 Å². The van der Waals surface area contributed by atoms with Crippen LogP contribution < -0.4 is 5.73 Å². The normalized spacial score (nSPS) is 11.8. The molecule has 2 N–H and O–H groups in total. The summed E-state index contributed by atoms with van der Waals surface area (Å²) in [5, 5.41) is 7.74. The smallest absolute Gasteiger partial charge is 0.417 e. The lowest BCUT2D eigenvalue weighted by Gasteiger charge is -2.11. The van der Waals surface area contributed by atoms with Gasteiger partial charge in [0.1, 0.15) is 6.07 Å². The quantitative estimate of drug-likeness (QED) is 0.560. The Morgan fingerprint density at radius 2 is 1.91 bits per heavy atom. The highest BCUT2D eigenvalue weighted by molar-refractivity contribution is 7.91. The molecule has 0 unspecified atom stereocenters. The summed E-state index contributed by atoms with van der Waals surface area (Å²) in [6, 6.07) is 7.20. The van der Waals surface area contributed by atoms with Crippen molar-refractivity contribution in [2.24, 2.45) is 0 Å². The van der Waals surface area contributed by atoms with Crippen molar-refractivity contribution in [3.05, 3.63) is 64.6 Å². The van der Waals surface area contributed by atoms with Crippen molar-refractivity contribution >= 4 is 33.1 Å². The minimum Gasteiger partial charge on any atom is -0.464 e. The Kier molecular flexibility index (Phi) is 5.90. The number of esters is 1. The molecule has 3 aromatic rings. The molecule has 32 heavy (non-hydrogen) atoms. The number of hydrogen-bond donors (Lipinski definition) is 1. The zero-order chi connectivity index (χ0) is 23.8. The van der Waals surface area contributed by atoms with Crippen LogP contribution in [0.1, 0.15) is 21.6 Å². The predicted octanol–water partition coefficient (Wildman–Crippen LogP) is 3.62. The van der Waals surface area contributed by atoms with Crippen LogP contribution in [-0.4, -0.2) is 31.0 Å². The number of pyridine rings is 1. The summed E-state index contributed by atoms with van der Waals surface area (Å²) in [6.07, 6.45) is -3.08. The van der Waals surface area contributed by atoms with Gasteiger partial charge >= 0.3 is 12.1 Å². The molecule has 0 saturated heterocycles. The van der Waals surface area contributed by atoms with E-state index < -0.39 is 37.6 Å². The standard InChI is InChI=1S/C19H12ClF3N4O4S/c1-31-18(28)16-15(25)10(7-24)9-27(16)12-2-4-13(5-3-12)32(29,30)17-14(20)6-11(8-26-17)19(21,22)23/h2-6,8-9H,25H2,1H3. The van der Waals surface area contributed by atoms with E-state index >= 15 is 0 Å². The molecule has 0 atom stereocenters. The molecule has 166 valence electrons. The molecule has 0 amide bonds. The maximum atomic E-state index is 12.8. The number of alkyl halides is 3. The number of sulfone groups is 1. The van der Waals surface area contributed by atoms with E-state index in [0.717, 1.165) is 19.2 Å². The minimum atomic E-state index is -4.74. The summed E-state index contributed by atoms with van der Waals surface area (Å²) in [7, 11) is -3.23. The highest BCUT2D eigenvalue weighted by atomic mass is 35.5. The second-order valence-electron chi connectivity index (χ2n) is 6.28. The van der Waals surface area contributed by atoms with Crippen molar-refractivity contribution in [1.29, 1.82) is 5.26 Å². The van der Waals surface area contributed by atoms with Crippen molar-refractivity contribution in [2.45, 2.75) is 16.1 Å². The number of ether oxygens (including phenoxy) is 1. The van der Waals surface area contributed by atoms with Crippen LogP contribution >= 0.6 is 11.6 Å². The van der Waals surface area contributed by atoms with E-state index in [1.54, 1.807) is 0 Å². The topological polar surface area (TPSA) is 128 Å². The zero-order valence-electron chi connectivity index (χ0n) is 16.0. The molecule has 0 fully saturated rings. The monoisotopic (exact) mass is 484 g/mol. The molecule has 2 heterocycles. The van der Waals surface area contributed by atoms with E-state index in [4.69, 9.17) is 22.6 Å². The number of aromatic nitrogens is 2. The second kappa shape index (κ2) is 8.18. The molecule has 0 aliphatic rings. The summed E-state index contributed by atoms with van der Waals surface area (Å²) in [5.41, 5.74) is 4.65. The van der Waals surface area contributed by atoms with Crippen LogP contribution in [0.5, 0.6) is 0 Å². The highest BCUT2D eigenvalue weighted by Crippen LogP contribution is 2.34. The van der Waals surface area contributed by atoms with Crippen LogP contribution in [0.2, 0.25) is 5.02 Å². The number of benzene rings is 1. The summed E-state index contributed by atoms with van der Waals surface area (Å²) in [6.45, 7) is 0. The van der Waals surface area contributed by atoms with Gasteiger partial charge in [-0.25, -0.2) is 18.2 Å². The van der Waals surface area contributed by atoms with E-state index in [1.165, 1.54) is 22.9 Å². The van der Waals surface area contributed by atoms with E-state index in [-0.39, 0.29) is 27.5 Å². The lowest BCUT2D eigenvalue weighted by molar-refractivity contribution is -0.137. The molecule has 0 spiro atoms. The second-order valence-corrected chi connectivity index (χ2v) is 8.56. The number of rotatable bonds is 4. The number of nitrogens with zero attached hydrogens (tertiary/aromatic N) is 3. The van der Waals surface area contributed by atoms with E-state index in [2.05, 4.69) is 9.72 Å². The number of carbonyl (C=O) groups is 1. The van der Waals surface area contributed by atoms with Crippen LogP contribution in [0.3, 0.4) is 0 Å². The van der Waals surface area contributed by atoms with Crippen molar-refractivity contribution in [3.8, 4) is 11.8 Å². The van der Waals surface area contributed by atoms with Crippen LogP contribution in [0, 0.1) is 11.3 Å². The summed E-state index contributed by atoms with van der Waals surface area (Å²) < 4.78 is 69.9. The molecule has 0 radical (unpaired) electrons. The van der Waals surface area contributed by atoms with Gasteiger partial charge in [-0.15, -0.1) is 0 Å². The van der Waals surface area contributed by atoms with Crippen LogP contribution in [0.15, 0.2) is 52.6 Å². The molecule has 3 rings (SSSR count). The molecule has 0 aliphatic heterocycles. The first-order valence-corrected chi connectivity index (χ1v) is 10.4.